The minimum Gasteiger partial charge on any atom is -0.535 e. The molecule has 2 rings (SSSR count). The van der Waals surface area contributed by atoms with Crippen LogP contribution in [0.3, 0.4) is 0 Å². The van der Waals surface area contributed by atoms with Crippen molar-refractivity contribution in [3.05, 3.63) is 29.3 Å². The van der Waals surface area contributed by atoms with Crippen molar-refractivity contribution in [1.29, 1.82) is 0 Å². The molecule has 1 aromatic carbocycles. The number of hydrogen-bond donors (Lipinski definition) is 1. The molecule has 1 atom stereocenters. The molecule has 140 valence electrons. The van der Waals surface area contributed by atoms with Gasteiger partial charge in [0.25, 0.3) is 0 Å². The standard InChI is InChI=1S/C18H23BO7/c1-11(20)8-13-9-12-6-5-7-14(15(12)26-19(13)23)16(21)24-10-25-17(22)18(2,3)4/h5-7,13,23H,8-10H2,1-4H3/t13-/m0/s1. The molecule has 8 heteroatoms. The molecule has 1 aliphatic heterocycles. The molecular formula is C18H23BO7. The van der Waals surface area contributed by atoms with Crippen LogP contribution >= 0.6 is 0 Å². The van der Waals surface area contributed by atoms with Crippen LogP contribution in [0.15, 0.2) is 18.2 Å². The van der Waals surface area contributed by atoms with E-state index in [2.05, 4.69) is 0 Å². The molecule has 1 aromatic rings. The van der Waals surface area contributed by atoms with Crippen LogP contribution in [0.1, 0.15) is 50.0 Å². The quantitative estimate of drug-likeness (QED) is 0.487. The average Bonchev–Trinajstić information content (AvgIpc) is 2.53. The Balaban J connectivity index is 2.07. The Morgan fingerprint density at radius 1 is 1.27 bits per heavy atom. The lowest BCUT2D eigenvalue weighted by molar-refractivity contribution is -0.161. The van der Waals surface area contributed by atoms with Crippen LogP contribution in [-0.2, 0) is 25.5 Å². The van der Waals surface area contributed by atoms with E-state index in [4.69, 9.17) is 14.1 Å². The molecule has 0 saturated carbocycles. The molecule has 0 aliphatic carbocycles. The molecule has 0 saturated heterocycles. The highest BCUT2D eigenvalue weighted by Gasteiger charge is 2.37. The van der Waals surface area contributed by atoms with Crippen LogP contribution in [0.4, 0.5) is 0 Å². The molecule has 1 heterocycles. The Kier molecular flexibility index (Phi) is 6.07. The number of carbonyl (C=O) groups excluding carboxylic acids is 3. The first-order valence-corrected chi connectivity index (χ1v) is 8.40. The third kappa shape index (κ3) is 4.85. The summed E-state index contributed by atoms with van der Waals surface area (Å²) in [4.78, 5) is 35.3. The number of hydrogen-bond acceptors (Lipinski definition) is 7. The zero-order valence-corrected chi connectivity index (χ0v) is 15.4. The Morgan fingerprint density at radius 3 is 2.58 bits per heavy atom. The second-order valence-corrected chi connectivity index (χ2v) is 7.40. The summed E-state index contributed by atoms with van der Waals surface area (Å²) in [5, 5.41) is 10.1. The molecule has 0 spiro atoms. The van der Waals surface area contributed by atoms with Crippen LogP contribution in [0, 0.1) is 5.41 Å². The first-order chi connectivity index (χ1) is 12.1. The van der Waals surface area contributed by atoms with E-state index >= 15 is 0 Å². The second kappa shape index (κ2) is 7.91. The maximum atomic E-state index is 12.3. The van der Waals surface area contributed by atoms with Gasteiger partial charge in [0.15, 0.2) is 0 Å². The Labute approximate surface area is 152 Å². The Morgan fingerprint density at radius 2 is 1.96 bits per heavy atom. The number of benzene rings is 1. The van der Waals surface area contributed by atoms with Gasteiger partial charge in [0.1, 0.15) is 17.1 Å². The smallest absolute Gasteiger partial charge is 0.526 e. The summed E-state index contributed by atoms with van der Waals surface area (Å²) in [5.74, 6) is -1.39. The van der Waals surface area contributed by atoms with Gasteiger partial charge in [0.05, 0.1) is 5.41 Å². The molecule has 1 aliphatic rings. The first kappa shape index (κ1) is 20.0. The SMILES string of the molecule is CC(=O)C[C@H]1Cc2cccc(C(=O)OCOC(=O)C(C)(C)C)c2OB1O. The highest BCUT2D eigenvalue weighted by atomic mass is 16.7. The molecule has 0 fully saturated rings. The van der Waals surface area contributed by atoms with Crippen LogP contribution < -0.4 is 4.65 Å². The molecule has 0 aromatic heterocycles. The van der Waals surface area contributed by atoms with E-state index in [-0.39, 0.29) is 29.3 Å². The van der Waals surface area contributed by atoms with Crippen LogP contribution in [0.2, 0.25) is 5.82 Å². The van der Waals surface area contributed by atoms with Crippen LogP contribution in [0.5, 0.6) is 5.75 Å². The molecule has 26 heavy (non-hydrogen) atoms. The van der Waals surface area contributed by atoms with Crippen molar-refractivity contribution in [1.82, 2.24) is 0 Å². The number of Topliss-reactive ketones (excluding diaryl/α,β-unsaturated/α-hetero) is 1. The second-order valence-electron chi connectivity index (χ2n) is 7.40. The van der Waals surface area contributed by atoms with Crippen molar-refractivity contribution in [2.45, 2.75) is 46.4 Å². The normalized spacial score (nSPS) is 16.3. The van der Waals surface area contributed by atoms with Crippen LogP contribution in [-0.4, -0.2) is 36.7 Å². The molecular weight excluding hydrogens is 339 g/mol. The number of esters is 2. The predicted octanol–water partition coefficient (Wildman–Crippen LogP) is 2.15. The van der Waals surface area contributed by atoms with Crippen molar-refractivity contribution in [3.8, 4) is 5.75 Å². The highest BCUT2D eigenvalue weighted by Crippen LogP contribution is 2.36. The van der Waals surface area contributed by atoms with Crippen molar-refractivity contribution in [3.63, 3.8) is 0 Å². The maximum absolute atomic E-state index is 12.3. The third-order valence-electron chi connectivity index (χ3n) is 3.98. The fourth-order valence-corrected chi connectivity index (χ4v) is 2.62. The Bertz CT molecular complexity index is 708. The fraction of sp³-hybridized carbons (Fsp3) is 0.500. The van der Waals surface area contributed by atoms with Crippen molar-refractivity contribution >= 4 is 24.8 Å². The predicted molar refractivity (Wildman–Crippen MR) is 93.6 cm³/mol. The van der Waals surface area contributed by atoms with Crippen LogP contribution in [0.25, 0.3) is 0 Å². The summed E-state index contributed by atoms with van der Waals surface area (Å²) >= 11 is 0. The molecule has 1 N–H and O–H groups in total. The van der Waals surface area contributed by atoms with Gasteiger partial charge in [-0.1, -0.05) is 12.1 Å². The van der Waals surface area contributed by atoms with E-state index in [1.165, 1.54) is 13.0 Å². The number of carbonyl (C=O) groups is 3. The summed E-state index contributed by atoms with van der Waals surface area (Å²) in [7, 11) is -1.18. The largest absolute Gasteiger partial charge is 0.535 e. The monoisotopic (exact) mass is 362 g/mol. The molecule has 0 amide bonds. The van der Waals surface area contributed by atoms with Gasteiger partial charge in [0.2, 0.25) is 6.79 Å². The molecule has 0 bridgehead atoms. The summed E-state index contributed by atoms with van der Waals surface area (Å²) < 4.78 is 15.4. The van der Waals surface area contributed by atoms with Gasteiger partial charge in [-0.05, 0) is 45.7 Å². The van der Waals surface area contributed by atoms with E-state index in [0.717, 1.165) is 0 Å². The van der Waals surface area contributed by atoms with Crippen molar-refractivity contribution in [2.75, 3.05) is 6.79 Å². The molecule has 0 unspecified atom stereocenters. The van der Waals surface area contributed by atoms with Gasteiger partial charge in [-0.15, -0.1) is 0 Å². The lowest BCUT2D eigenvalue weighted by atomic mass is 9.64. The van der Waals surface area contributed by atoms with E-state index < -0.39 is 31.3 Å². The maximum Gasteiger partial charge on any atom is 0.526 e. The highest BCUT2D eigenvalue weighted by molar-refractivity contribution is 6.46. The lowest BCUT2D eigenvalue weighted by Crippen LogP contribution is -2.35. The first-order valence-electron chi connectivity index (χ1n) is 8.40. The topological polar surface area (TPSA) is 99.1 Å². The zero-order valence-electron chi connectivity index (χ0n) is 15.4. The Hall–Kier alpha value is -2.35. The minimum absolute atomic E-state index is 0.0441. The summed E-state index contributed by atoms with van der Waals surface area (Å²) in [6.45, 7) is 6.02. The van der Waals surface area contributed by atoms with Gasteiger partial charge in [-0.25, -0.2) is 4.79 Å². The number of para-hydroxylation sites is 1. The zero-order chi connectivity index (χ0) is 19.5. The van der Waals surface area contributed by atoms with E-state index in [1.807, 2.05) is 0 Å². The average molecular weight is 362 g/mol. The molecule has 0 radical (unpaired) electrons. The third-order valence-corrected chi connectivity index (χ3v) is 3.98. The van der Waals surface area contributed by atoms with Crippen molar-refractivity contribution in [2.24, 2.45) is 5.41 Å². The number of rotatable bonds is 5. The number of ether oxygens (including phenoxy) is 2. The minimum atomic E-state index is -1.18. The summed E-state index contributed by atoms with van der Waals surface area (Å²) in [5.41, 5.74) is 0.148. The van der Waals surface area contributed by atoms with Gasteiger partial charge >= 0.3 is 19.1 Å². The van der Waals surface area contributed by atoms with Gasteiger partial charge in [0, 0.05) is 12.2 Å². The van der Waals surface area contributed by atoms with E-state index in [1.54, 1.807) is 32.9 Å². The fourth-order valence-electron chi connectivity index (χ4n) is 2.62. The van der Waals surface area contributed by atoms with Gasteiger partial charge < -0.3 is 23.9 Å². The van der Waals surface area contributed by atoms with Gasteiger partial charge in [-0.2, -0.15) is 0 Å². The van der Waals surface area contributed by atoms with Gasteiger partial charge in [-0.3, -0.25) is 4.79 Å². The van der Waals surface area contributed by atoms with Crippen molar-refractivity contribution < 1.29 is 33.5 Å². The lowest BCUT2D eigenvalue weighted by Gasteiger charge is -2.28. The van der Waals surface area contributed by atoms with E-state index in [0.29, 0.717) is 12.0 Å². The number of fused-ring (bicyclic) bond motifs is 1. The van der Waals surface area contributed by atoms with E-state index in [9.17, 15) is 19.4 Å². The number of ketones is 1. The molecule has 7 nitrogen and oxygen atoms in total. The summed E-state index contributed by atoms with van der Waals surface area (Å²) in [6, 6.07) is 4.94. The summed E-state index contributed by atoms with van der Waals surface area (Å²) in [6.07, 6.45) is 0.605.